The fourth-order valence-corrected chi connectivity index (χ4v) is 3.24. The molecule has 1 fully saturated rings. The van der Waals surface area contributed by atoms with E-state index in [0.717, 1.165) is 12.8 Å². The van der Waals surface area contributed by atoms with Gasteiger partial charge in [0.1, 0.15) is 5.82 Å². The monoisotopic (exact) mass is 281 g/mol. The van der Waals surface area contributed by atoms with Crippen LogP contribution in [-0.2, 0) is 4.79 Å². The Morgan fingerprint density at radius 2 is 2.00 bits per heavy atom. The molecule has 2 nitrogen and oxygen atoms in total. The molecule has 1 aliphatic carbocycles. The molecule has 1 N–H and O–H groups in total. The number of benzene rings is 1. The largest absolute Gasteiger partial charge is 0.352 e. The summed E-state index contributed by atoms with van der Waals surface area (Å²) in [6.07, 6.45) is 5.80. The molecule has 0 radical (unpaired) electrons. The Balaban J connectivity index is 1.87. The second-order valence-corrected chi connectivity index (χ2v) is 6.42. The Morgan fingerprint density at radius 1 is 1.32 bits per heavy atom. The van der Waals surface area contributed by atoms with E-state index >= 15 is 0 Å². The highest BCUT2D eigenvalue weighted by molar-refractivity contribution is 8.00. The number of carbonyl (C=O) groups excluding carboxylic acids is 1. The van der Waals surface area contributed by atoms with Gasteiger partial charge < -0.3 is 5.32 Å². The first-order chi connectivity index (χ1) is 9.16. The fraction of sp³-hybridized carbons (Fsp3) is 0.533. The van der Waals surface area contributed by atoms with Crippen molar-refractivity contribution in [3.8, 4) is 0 Å². The maximum absolute atomic E-state index is 13.5. The molecule has 0 saturated heterocycles. The van der Waals surface area contributed by atoms with E-state index in [1.165, 1.54) is 37.1 Å². The van der Waals surface area contributed by atoms with Crippen molar-refractivity contribution in [2.24, 2.45) is 0 Å². The number of nitrogens with one attached hydrogen (secondary N) is 1. The lowest BCUT2D eigenvalue weighted by Gasteiger charge is -2.24. The lowest BCUT2D eigenvalue weighted by Crippen LogP contribution is -2.40. The van der Waals surface area contributed by atoms with E-state index in [1.807, 2.05) is 6.92 Å². The standard InChI is InChI=1S/C15H20FNOS/c1-11(19-14-10-6-5-9-13(14)16)15(18)17-12-7-3-2-4-8-12/h5-6,9-12H,2-4,7-8H2,1H3,(H,17,18). The predicted octanol–water partition coefficient (Wildman–Crippen LogP) is 3.76. The maximum atomic E-state index is 13.5. The van der Waals surface area contributed by atoms with Crippen LogP contribution < -0.4 is 5.32 Å². The van der Waals surface area contributed by atoms with Crippen LogP contribution in [-0.4, -0.2) is 17.2 Å². The summed E-state index contributed by atoms with van der Waals surface area (Å²) >= 11 is 1.28. The lowest BCUT2D eigenvalue weighted by molar-refractivity contribution is -0.121. The second-order valence-electron chi connectivity index (χ2n) is 5.03. The number of hydrogen-bond acceptors (Lipinski definition) is 2. The van der Waals surface area contributed by atoms with Gasteiger partial charge in [-0.05, 0) is 31.9 Å². The smallest absolute Gasteiger partial charge is 0.233 e. The summed E-state index contributed by atoms with van der Waals surface area (Å²) in [5.41, 5.74) is 0. The minimum absolute atomic E-state index is 0.0140. The third-order valence-electron chi connectivity index (χ3n) is 3.46. The van der Waals surface area contributed by atoms with Crippen LogP contribution in [0, 0.1) is 5.82 Å². The van der Waals surface area contributed by atoms with Crippen molar-refractivity contribution < 1.29 is 9.18 Å². The van der Waals surface area contributed by atoms with Gasteiger partial charge in [-0.3, -0.25) is 4.79 Å². The molecule has 0 aliphatic heterocycles. The Bertz CT molecular complexity index is 432. The molecular weight excluding hydrogens is 261 g/mol. The van der Waals surface area contributed by atoms with Crippen molar-refractivity contribution in [1.29, 1.82) is 0 Å². The zero-order valence-electron chi connectivity index (χ0n) is 11.2. The van der Waals surface area contributed by atoms with Gasteiger partial charge in [-0.2, -0.15) is 0 Å². The summed E-state index contributed by atoms with van der Waals surface area (Å²) in [7, 11) is 0. The van der Waals surface area contributed by atoms with E-state index in [1.54, 1.807) is 18.2 Å². The molecular formula is C15H20FNOS. The van der Waals surface area contributed by atoms with E-state index in [9.17, 15) is 9.18 Å². The summed E-state index contributed by atoms with van der Waals surface area (Å²) in [5.74, 6) is -0.245. The third-order valence-corrected chi connectivity index (χ3v) is 4.61. The zero-order chi connectivity index (χ0) is 13.7. The molecule has 0 heterocycles. The summed E-state index contributed by atoms with van der Waals surface area (Å²) in [4.78, 5) is 12.6. The van der Waals surface area contributed by atoms with Gasteiger partial charge in [0.15, 0.2) is 0 Å². The molecule has 104 valence electrons. The van der Waals surface area contributed by atoms with Gasteiger partial charge in [0.25, 0.3) is 0 Å². The summed E-state index contributed by atoms with van der Waals surface area (Å²) in [6, 6.07) is 6.90. The van der Waals surface area contributed by atoms with Gasteiger partial charge in [-0.25, -0.2) is 4.39 Å². The molecule has 0 bridgehead atoms. The van der Waals surface area contributed by atoms with E-state index in [2.05, 4.69) is 5.32 Å². The van der Waals surface area contributed by atoms with E-state index in [4.69, 9.17) is 0 Å². The van der Waals surface area contributed by atoms with Crippen molar-refractivity contribution in [1.82, 2.24) is 5.32 Å². The Labute approximate surface area is 118 Å². The molecule has 1 atom stereocenters. The molecule has 19 heavy (non-hydrogen) atoms. The minimum atomic E-state index is -0.265. The highest BCUT2D eigenvalue weighted by Crippen LogP contribution is 2.26. The Kier molecular flexibility index (Phi) is 5.25. The Hall–Kier alpha value is -1.03. The van der Waals surface area contributed by atoms with Crippen LogP contribution in [0.1, 0.15) is 39.0 Å². The van der Waals surface area contributed by atoms with Crippen LogP contribution in [0.5, 0.6) is 0 Å². The van der Waals surface area contributed by atoms with Gasteiger partial charge in [0.2, 0.25) is 5.91 Å². The van der Waals surface area contributed by atoms with Crippen molar-refractivity contribution in [2.45, 2.75) is 55.2 Å². The van der Waals surface area contributed by atoms with Crippen LogP contribution in [0.2, 0.25) is 0 Å². The quantitative estimate of drug-likeness (QED) is 0.852. The van der Waals surface area contributed by atoms with Gasteiger partial charge in [-0.15, -0.1) is 11.8 Å². The number of hydrogen-bond donors (Lipinski definition) is 1. The molecule has 1 aromatic carbocycles. The highest BCUT2D eigenvalue weighted by atomic mass is 32.2. The summed E-state index contributed by atoms with van der Waals surface area (Å²) in [5, 5.41) is 2.81. The third kappa shape index (κ3) is 4.23. The number of rotatable bonds is 4. The molecule has 0 spiro atoms. The van der Waals surface area contributed by atoms with Gasteiger partial charge in [-0.1, -0.05) is 31.4 Å². The normalized spacial score (nSPS) is 18.0. The molecule has 1 amide bonds. The Morgan fingerprint density at radius 3 is 2.68 bits per heavy atom. The first-order valence-corrected chi connectivity index (χ1v) is 7.76. The number of thioether (sulfide) groups is 1. The molecule has 0 aromatic heterocycles. The zero-order valence-corrected chi connectivity index (χ0v) is 12.0. The van der Waals surface area contributed by atoms with E-state index < -0.39 is 0 Å². The van der Waals surface area contributed by atoms with Crippen LogP contribution in [0.25, 0.3) is 0 Å². The fourth-order valence-electron chi connectivity index (χ4n) is 2.35. The summed E-state index contributed by atoms with van der Waals surface area (Å²) < 4.78 is 13.5. The molecule has 1 aromatic rings. The SMILES string of the molecule is CC(Sc1ccccc1F)C(=O)NC1CCCCC1. The summed E-state index contributed by atoms with van der Waals surface area (Å²) in [6.45, 7) is 1.83. The van der Waals surface area contributed by atoms with Crippen molar-refractivity contribution >= 4 is 17.7 Å². The minimum Gasteiger partial charge on any atom is -0.352 e. The first-order valence-electron chi connectivity index (χ1n) is 6.88. The van der Waals surface area contributed by atoms with Crippen LogP contribution in [0.15, 0.2) is 29.2 Å². The van der Waals surface area contributed by atoms with E-state index in [0.29, 0.717) is 10.9 Å². The molecule has 1 aliphatic rings. The highest BCUT2D eigenvalue weighted by Gasteiger charge is 2.20. The molecule has 1 saturated carbocycles. The predicted molar refractivity (Wildman–Crippen MR) is 76.7 cm³/mol. The van der Waals surface area contributed by atoms with Crippen LogP contribution in [0.3, 0.4) is 0 Å². The first kappa shape index (κ1) is 14.4. The maximum Gasteiger partial charge on any atom is 0.233 e. The molecule has 1 unspecified atom stereocenters. The number of amides is 1. The van der Waals surface area contributed by atoms with Gasteiger partial charge >= 0.3 is 0 Å². The molecule has 2 rings (SSSR count). The number of carbonyl (C=O) groups is 1. The van der Waals surface area contributed by atoms with Gasteiger partial charge in [0.05, 0.1) is 5.25 Å². The van der Waals surface area contributed by atoms with E-state index in [-0.39, 0.29) is 17.0 Å². The molecule has 4 heteroatoms. The average molecular weight is 281 g/mol. The van der Waals surface area contributed by atoms with Crippen molar-refractivity contribution in [3.05, 3.63) is 30.1 Å². The van der Waals surface area contributed by atoms with Gasteiger partial charge in [0, 0.05) is 10.9 Å². The van der Waals surface area contributed by atoms with Crippen molar-refractivity contribution in [2.75, 3.05) is 0 Å². The van der Waals surface area contributed by atoms with Crippen molar-refractivity contribution in [3.63, 3.8) is 0 Å². The topological polar surface area (TPSA) is 29.1 Å². The average Bonchev–Trinajstić information content (AvgIpc) is 2.42. The number of halogens is 1. The lowest BCUT2D eigenvalue weighted by atomic mass is 9.95. The second kappa shape index (κ2) is 6.94. The van der Waals surface area contributed by atoms with Crippen LogP contribution in [0.4, 0.5) is 4.39 Å². The van der Waals surface area contributed by atoms with Crippen LogP contribution >= 0.6 is 11.8 Å².